The summed E-state index contributed by atoms with van der Waals surface area (Å²) in [7, 11) is 0. The Bertz CT molecular complexity index is 413. The topological polar surface area (TPSA) is 35.0 Å². The van der Waals surface area contributed by atoms with Gasteiger partial charge in [0, 0.05) is 30.1 Å². The number of nitrogens with zero attached hydrogens (tertiary/aromatic N) is 2. The number of hydrogen-bond acceptors (Lipinski definition) is 4. The Labute approximate surface area is 160 Å². The van der Waals surface area contributed by atoms with Crippen molar-refractivity contribution >= 4 is 11.3 Å². The number of rotatable bonds is 0. The van der Waals surface area contributed by atoms with Crippen LogP contribution < -0.4 is 0 Å². The summed E-state index contributed by atoms with van der Waals surface area (Å²) in [6.07, 6.45) is 8.53. The number of pyridine rings is 1. The second-order valence-corrected chi connectivity index (χ2v) is 5.56. The summed E-state index contributed by atoms with van der Waals surface area (Å²) < 4.78 is 5.15. The number of aryl methyl sites for hydroxylation is 2. The fourth-order valence-electron chi connectivity index (χ4n) is 1.47. The van der Waals surface area contributed by atoms with Gasteiger partial charge >= 0.3 is 0 Å². The molecular weight excluding hydrogens is 328 g/mol. The molecule has 0 radical (unpaired) electrons. The lowest BCUT2D eigenvalue weighted by Gasteiger charge is -1.94. The van der Waals surface area contributed by atoms with Gasteiger partial charge in [-0.15, -0.1) is 11.3 Å². The summed E-state index contributed by atoms with van der Waals surface area (Å²) in [6.45, 7) is 19.2. The Balaban J connectivity index is -0.000000253. The molecule has 0 aliphatic carbocycles. The van der Waals surface area contributed by atoms with E-state index in [0.29, 0.717) is 6.10 Å². The molecule has 2 aromatic heterocycles. The van der Waals surface area contributed by atoms with Crippen LogP contribution in [0.2, 0.25) is 0 Å². The Morgan fingerprint density at radius 3 is 1.80 bits per heavy atom. The Hall–Kier alpha value is -1.26. The highest BCUT2D eigenvalue weighted by atomic mass is 32.1. The molecule has 3 nitrogen and oxygen atoms in total. The summed E-state index contributed by atoms with van der Waals surface area (Å²) in [6, 6.07) is 3.95. The van der Waals surface area contributed by atoms with E-state index in [1.165, 1.54) is 23.3 Å². The molecule has 1 aliphatic rings. The predicted molar refractivity (Wildman–Crippen MR) is 115 cm³/mol. The van der Waals surface area contributed by atoms with Crippen LogP contribution in [-0.2, 0) is 4.74 Å². The minimum atomic E-state index is 0.546. The summed E-state index contributed by atoms with van der Waals surface area (Å²) in [4.78, 5) is 9.00. The van der Waals surface area contributed by atoms with Gasteiger partial charge in [-0.1, -0.05) is 47.6 Å². The molecular formula is C21H40N2OS. The van der Waals surface area contributed by atoms with Crippen LogP contribution in [0.1, 0.15) is 71.7 Å². The molecule has 3 heterocycles. The van der Waals surface area contributed by atoms with Gasteiger partial charge in [0.25, 0.3) is 0 Å². The number of thiazole rings is 1. The van der Waals surface area contributed by atoms with Crippen molar-refractivity contribution in [2.75, 3.05) is 6.61 Å². The molecule has 0 saturated carbocycles. The summed E-state index contributed by atoms with van der Waals surface area (Å²) in [5.74, 6) is 0. The van der Waals surface area contributed by atoms with Crippen molar-refractivity contribution in [2.45, 2.75) is 81.3 Å². The van der Waals surface area contributed by atoms with E-state index in [9.17, 15) is 0 Å². The standard InChI is InChI=1S/C6H7N.C5H10O.C4H5NS.3C2H6/c1-6-3-2-4-7-5-6;1-5-3-2-4-6-5;1-4-2-5-3-6-4;3*1-2/h2-5H,1H3;5H,2-4H2,1H3;2-3H,1H3;3*1-2H3. The molecule has 0 spiro atoms. The maximum absolute atomic E-state index is 5.15. The zero-order chi connectivity index (χ0) is 19.9. The highest BCUT2D eigenvalue weighted by molar-refractivity contribution is 7.09. The second-order valence-electron chi connectivity index (χ2n) is 4.47. The molecule has 1 saturated heterocycles. The molecule has 0 aromatic carbocycles. The molecule has 25 heavy (non-hydrogen) atoms. The van der Waals surface area contributed by atoms with Crippen LogP contribution in [0.4, 0.5) is 0 Å². The molecule has 1 atom stereocenters. The first kappa shape index (κ1) is 28.5. The van der Waals surface area contributed by atoms with Gasteiger partial charge in [-0.25, -0.2) is 0 Å². The van der Waals surface area contributed by atoms with Gasteiger partial charge in [0.05, 0.1) is 11.6 Å². The fraction of sp³-hybridized carbons (Fsp3) is 0.619. The van der Waals surface area contributed by atoms with Gasteiger partial charge in [0.15, 0.2) is 0 Å². The molecule has 2 aromatic rings. The average molecular weight is 369 g/mol. The van der Waals surface area contributed by atoms with Gasteiger partial charge in [0.2, 0.25) is 0 Å². The van der Waals surface area contributed by atoms with Gasteiger partial charge < -0.3 is 4.74 Å². The van der Waals surface area contributed by atoms with Crippen molar-refractivity contribution in [1.82, 2.24) is 9.97 Å². The molecule has 0 amide bonds. The molecule has 146 valence electrons. The van der Waals surface area contributed by atoms with E-state index in [4.69, 9.17) is 4.74 Å². The maximum atomic E-state index is 5.15. The predicted octanol–water partition coefficient (Wildman–Crippen LogP) is 7.11. The van der Waals surface area contributed by atoms with Gasteiger partial charge in [-0.05, 0) is 45.2 Å². The lowest BCUT2D eigenvalue weighted by Crippen LogP contribution is -1.94. The monoisotopic (exact) mass is 368 g/mol. The van der Waals surface area contributed by atoms with E-state index < -0.39 is 0 Å². The van der Waals surface area contributed by atoms with Gasteiger partial charge in [-0.2, -0.15) is 0 Å². The highest BCUT2D eigenvalue weighted by Gasteiger charge is 2.07. The van der Waals surface area contributed by atoms with Crippen molar-refractivity contribution in [2.24, 2.45) is 0 Å². The smallest absolute Gasteiger partial charge is 0.0794 e. The normalized spacial score (nSPS) is 13.6. The van der Waals surface area contributed by atoms with E-state index in [2.05, 4.69) is 16.9 Å². The zero-order valence-corrected chi connectivity index (χ0v) is 18.7. The maximum Gasteiger partial charge on any atom is 0.0794 e. The van der Waals surface area contributed by atoms with E-state index in [1.54, 1.807) is 17.5 Å². The molecule has 0 N–H and O–H groups in total. The van der Waals surface area contributed by atoms with Crippen LogP contribution >= 0.6 is 11.3 Å². The number of hydrogen-bond donors (Lipinski definition) is 0. The Morgan fingerprint density at radius 1 is 1.00 bits per heavy atom. The van der Waals surface area contributed by atoms with Crippen LogP contribution in [0.25, 0.3) is 0 Å². The van der Waals surface area contributed by atoms with Crippen LogP contribution in [-0.4, -0.2) is 22.7 Å². The third kappa shape index (κ3) is 22.7. The van der Waals surface area contributed by atoms with E-state index in [0.717, 1.165) is 6.61 Å². The number of aromatic nitrogens is 2. The van der Waals surface area contributed by atoms with Crippen LogP contribution in [0.5, 0.6) is 0 Å². The zero-order valence-electron chi connectivity index (χ0n) is 17.9. The fourth-order valence-corrected chi connectivity index (χ4v) is 1.88. The Morgan fingerprint density at radius 2 is 1.64 bits per heavy atom. The third-order valence-electron chi connectivity index (χ3n) is 2.52. The quantitative estimate of drug-likeness (QED) is 0.497. The highest BCUT2D eigenvalue weighted by Crippen LogP contribution is 2.09. The van der Waals surface area contributed by atoms with Crippen molar-refractivity contribution in [1.29, 1.82) is 0 Å². The first-order valence-corrected chi connectivity index (χ1v) is 10.4. The summed E-state index contributed by atoms with van der Waals surface area (Å²) >= 11 is 1.67. The van der Waals surface area contributed by atoms with Crippen molar-refractivity contribution in [3.05, 3.63) is 46.7 Å². The molecule has 1 aliphatic heterocycles. The first-order chi connectivity index (χ1) is 12.2. The minimum absolute atomic E-state index is 0.546. The van der Waals surface area contributed by atoms with Crippen molar-refractivity contribution in [3.8, 4) is 0 Å². The van der Waals surface area contributed by atoms with Crippen molar-refractivity contribution in [3.63, 3.8) is 0 Å². The molecule has 1 unspecified atom stereocenters. The first-order valence-electron chi connectivity index (χ1n) is 9.52. The van der Waals surface area contributed by atoms with Crippen molar-refractivity contribution < 1.29 is 4.74 Å². The lowest BCUT2D eigenvalue weighted by atomic mass is 10.3. The largest absolute Gasteiger partial charge is 0.379 e. The van der Waals surface area contributed by atoms with E-state index in [-0.39, 0.29) is 0 Å². The molecule has 3 rings (SSSR count). The molecule has 0 bridgehead atoms. The van der Waals surface area contributed by atoms with Gasteiger partial charge in [0.1, 0.15) is 0 Å². The lowest BCUT2D eigenvalue weighted by molar-refractivity contribution is 0.125. The average Bonchev–Trinajstić information content (AvgIpc) is 3.35. The second kappa shape index (κ2) is 25.0. The van der Waals surface area contributed by atoms with E-state index in [1.807, 2.05) is 85.4 Å². The SMILES string of the molecule is CC.CC.CC.CC1CCCO1.Cc1cccnc1.Cc1cncs1. The Kier molecular flexibility index (Phi) is 28.5. The van der Waals surface area contributed by atoms with Crippen LogP contribution in [0.15, 0.2) is 36.2 Å². The molecule has 4 heteroatoms. The summed E-state index contributed by atoms with van der Waals surface area (Å²) in [5.41, 5.74) is 3.04. The van der Waals surface area contributed by atoms with Gasteiger partial charge in [-0.3, -0.25) is 9.97 Å². The van der Waals surface area contributed by atoms with E-state index >= 15 is 0 Å². The van der Waals surface area contributed by atoms with Crippen LogP contribution in [0, 0.1) is 13.8 Å². The third-order valence-corrected chi connectivity index (χ3v) is 3.23. The minimum Gasteiger partial charge on any atom is -0.379 e. The van der Waals surface area contributed by atoms with Crippen LogP contribution in [0.3, 0.4) is 0 Å². The summed E-state index contributed by atoms with van der Waals surface area (Å²) in [5, 5.41) is 0. The molecule has 1 fully saturated rings. The number of ether oxygens (including phenoxy) is 1.